The fourth-order valence-electron chi connectivity index (χ4n) is 2.35. The van der Waals surface area contributed by atoms with Crippen molar-refractivity contribution in [3.05, 3.63) is 18.0 Å². The molecule has 1 amide bonds. The molecule has 2 heterocycles. The molecule has 0 aliphatic carbocycles. The number of nitrogens with one attached hydrogen (secondary N) is 1. The van der Waals surface area contributed by atoms with Gasteiger partial charge in [-0.15, -0.1) is 0 Å². The van der Waals surface area contributed by atoms with Crippen LogP contribution in [0.5, 0.6) is 0 Å². The van der Waals surface area contributed by atoms with E-state index in [4.69, 9.17) is 5.11 Å². The van der Waals surface area contributed by atoms with Gasteiger partial charge in [0.05, 0.1) is 0 Å². The lowest BCUT2D eigenvalue weighted by molar-refractivity contribution is 0.0690. The number of amides is 1. The van der Waals surface area contributed by atoms with Crippen molar-refractivity contribution < 1.29 is 14.7 Å². The van der Waals surface area contributed by atoms with Gasteiger partial charge in [-0.2, -0.15) is 9.78 Å². The quantitative estimate of drug-likeness (QED) is 0.863. The summed E-state index contributed by atoms with van der Waals surface area (Å²) in [6.07, 6.45) is 3.16. The van der Waals surface area contributed by atoms with Gasteiger partial charge < -0.3 is 15.3 Å². The van der Waals surface area contributed by atoms with Gasteiger partial charge in [-0.05, 0) is 32.8 Å². The molecular weight excluding hydrogens is 260 g/mol. The molecule has 20 heavy (non-hydrogen) atoms. The standard InChI is InChI=1S/C13H20N4O3/c1-9(2)16-6-3-10(4-7-16)14-13(20)17-8-5-11(15-17)12(18)19/h5,8-10H,3-4,6-7H2,1-2H3,(H,14,20)(H,18,19). The lowest BCUT2D eigenvalue weighted by Gasteiger charge is -2.34. The Balaban J connectivity index is 1.87. The zero-order chi connectivity index (χ0) is 14.7. The third-order valence-corrected chi connectivity index (χ3v) is 3.60. The van der Waals surface area contributed by atoms with Crippen LogP contribution >= 0.6 is 0 Å². The summed E-state index contributed by atoms with van der Waals surface area (Å²) in [7, 11) is 0. The van der Waals surface area contributed by atoms with Gasteiger partial charge in [0.2, 0.25) is 0 Å². The van der Waals surface area contributed by atoms with Crippen molar-refractivity contribution >= 4 is 12.0 Å². The van der Waals surface area contributed by atoms with E-state index >= 15 is 0 Å². The second-order valence-corrected chi connectivity index (χ2v) is 5.30. The summed E-state index contributed by atoms with van der Waals surface area (Å²) in [5, 5.41) is 15.4. The average molecular weight is 280 g/mol. The Morgan fingerprint density at radius 2 is 2.05 bits per heavy atom. The maximum atomic E-state index is 11.9. The molecule has 0 unspecified atom stereocenters. The maximum Gasteiger partial charge on any atom is 0.356 e. The second kappa shape index (κ2) is 6.04. The van der Waals surface area contributed by atoms with Crippen molar-refractivity contribution in [1.82, 2.24) is 20.0 Å². The van der Waals surface area contributed by atoms with Crippen LogP contribution in [0.3, 0.4) is 0 Å². The van der Waals surface area contributed by atoms with Crippen LogP contribution in [0.15, 0.2) is 12.3 Å². The number of aromatic nitrogens is 2. The number of carboxylic acids is 1. The smallest absolute Gasteiger partial charge is 0.356 e. The molecule has 2 rings (SSSR count). The Kier molecular flexibility index (Phi) is 4.39. The van der Waals surface area contributed by atoms with Crippen molar-refractivity contribution in [2.24, 2.45) is 0 Å². The molecule has 0 bridgehead atoms. The molecule has 0 radical (unpaired) electrons. The summed E-state index contributed by atoms with van der Waals surface area (Å²) in [6, 6.07) is 1.58. The number of hydrogen-bond acceptors (Lipinski definition) is 4. The van der Waals surface area contributed by atoms with E-state index in [1.807, 2.05) is 0 Å². The number of rotatable bonds is 3. The van der Waals surface area contributed by atoms with Crippen molar-refractivity contribution in [2.45, 2.75) is 38.8 Å². The fraction of sp³-hybridized carbons (Fsp3) is 0.615. The number of piperidine rings is 1. The van der Waals surface area contributed by atoms with Gasteiger partial charge in [0.15, 0.2) is 5.69 Å². The highest BCUT2D eigenvalue weighted by atomic mass is 16.4. The Morgan fingerprint density at radius 1 is 1.40 bits per heavy atom. The first kappa shape index (κ1) is 14.5. The minimum Gasteiger partial charge on any atom is -0.476 e. The summed E-state index contributed by atoms with van der Waals surface area (Å²) in [5.74, 6) is -1.14. The number of carboxylic acid groups (broad SMARTS) is 1. The minimum atomic E-state index is -1.14. The van der Waals surface area contributed by atoms with Gasteiger partial charge in [0.25, 0.3) is 0 Å². The second-order valence-electron chi connectivity index (χ2n) is 5.30. The topological polar surface area (TPSA) is 87.5 Å². The van der Waals surface area contributed by atoms with Crippen molar-refractivity contribution in [3.63, 3.8) is 0 Å². The first-order valence-electron chi connectivity index (χ1n) is 6.81. The molecule has 0 spiro atoms. The minimum absolute atomic E-state index is 0.120. The maximum absolute atomic E-state index is 11.9. The first-order chi connectivity index (χ1) is 9.47. The van der Waals surface area contributed by atoms with E-state index < -0.39 is 5.97 Å². The lowest BCUT2D eigenvalue weighted by atomic mass is 10.0. The van der Waals surface area contributed by atoms with E-state index in [9.17, 15) is 9.59 Å². The molecule has 1 saturated heterocycles. The summed E-state index contributed by atoms with van der Waals surface area (Å²) in [5.41, 5.74) is -0.130. The van der Waals surface area contributed by atoms with Crippen molar-refractivity contribution in [3.8, 4) is 0 Å². The van der Waals surface area contributed by atoms with Crippen LogP contribution in [0.1, 0.15) is 37.2 Å². The van der Waals surface area contributed by atoms with E-state index in [2.05, 4.69) is 29.2 Å². The van der Waals surface area contributed by atoms with E-state index in [1.165, 1.54) is 12.3 Å². The predicted octanol–water partition coefficient (Wildman–Crippen LogP) is 1.01. The molecule has 1 aromatic rings. The first-order valence-corrected chi connectivity index (χ1v) is 6.81. The summed E-state index contributed by atoms with van der Waals surface area (Å²) >= 11 is 0. The zero-order valence-electron chi connectivity index (χ0n) is 11.7. The molecule has 1 aromatic heterocycles. The molecule has 1 fully saturated rings. The van der Waals surface area contributed by atoms with E-state index in [0.29, 0.717) is 6.04 Å². The molecule has 0 saturated carbocycles. The Bertz CT molecular complexity index is 490. The normalized spacial score (nSPS) is 17.4. The largest absolute Gasteiger partial charge is 0.476 e. The molecular formula is C13H20N4O3. The van der Waals surface area contributed by atoms with Gasteiger partial charge in [0.1, 0.15) is 0 Å². The molecule has 110 valence electrons. The number of likely N-dealkylation sites (tertiary alicyclic amines) is 1. The van der Waals surface area contributed by atoms with Gasteiger partial charge in [-0.25, -0.2) is 9.59 Å². The highest BCUT2D eigenvalue weighted by Gasteiger charge is 2.22. The van der Waals surface area contributed by atoms with Gasteiger partial charge in [0, 0.05) is 31.4 Å². The lowest BCUT2D eigenvalue weighted by Crippen LogP contribution is -2.47. The van der Waals surface area contributed by atoms with E-state index in [-0.39, 0.29) is 17.8 Å². The third-order valence-electron chi connectivity index (χ3n) is 3.60. The summed E-state index contributed by atoms with van der Waals surface area (Å²) in [4.78, 5) is 25.0. The Labute approximate surface area is 117 Å². The number of nitrogens with zero attached hydrogens (tertiary/aromatic N) is 3. The number of carbonyl (C=O) groups is 2. The van der Waals surface area contributed by atoms with Crippen LogP contribution < -0.4 is 5.32 Å². The Hall–Kier alpha value is -1.89. The Morgan fingerprint density at radius 3 is 2.55 bits per heavy atom. The van der Waals surface area contributed by atoms with Gasteiger partial charge in [-0.1, -0.05) is 0 Å². The third kappa shape index (κ3) is 3.36. The van der Waals surface area contributed by atoms with Crippen LogP contribution in [-0.4, -0.2) is 57.0 Å². The highest BCUT2D eigenvalue weighted by Crippen LogP contribution is 2.13. The van der Waals surface area contributed by atoms with Crippen LogP contribution in [0.4, 0.5) is 4.79 Å². The number of carbonyl (C=O) groups excluding carboxylic acids is 1. The predicted molar refractivity (Wildman–Crippen MR) is 72.8 cm³/mol. The van der Waals surface area contributed by atoms with Gasteiger partial charge >= 0.3 is 12.0 Å². The average Bonchev–Trinajstić information content (AvgIpc) is 2.89. The molecule has 7 heteroatoms. The fourth-order valence-corrected chi connectivity index (χ4v) is 2.35. The molecule has 0 atom stereocenters. The van der Waals surface area contributed by atoms with Crippen molar-refractivity contribution in [1.29, 1.82) is 0 Å². The summed E-state index contributed by atoms with van der Waals surface area (Å²) < 4.78 is 1.04. The molecule has 1 aliphatic heterocycles. The monoisotopic (exact) mass is 280 g/mol. The van der Waals surface area contributed by atoms with Crippen LogP contribution in [0.25, 0.3) is 0 Å². The van der Waals surface area contributed by atoms with Crippen LogP contribution in [0, 0.1) is 0 Å². The van der Waals surface area contributed by atoms with Crippen molar-refractivity contribution in [2.75, 3.05) is 13.1 Å². The van der Waals surface area contributed by atoms with Gasteiger partial charge in [-0.3, -0.25) is 0 Å². The zero-order valence-corrected chi connectivity index (χ0v) is 11.7. The van der Waals surface area contributed by atoms with Crippen LogP contribution in [0.2, 0.25) is 0 Å². The molecule has 1 aliphatic rings. The molecule has 0 aromatic carbocycles. The highest BCUT2D eigenvalue weighted by molar-refractivity contribution is 5.86. The van der Waals surface area contributed by atoms with E-state index in [1.54, 1.807) is 0 Å². The number of aromatic carboxylic acids is 1. The SMILES string of the molecule is CC(C)N1CCC(NC(=O)n2ccc(C(=O)O)n2)CC1. The van der Waals surface area contributed by atoms with E-state index in [0.717, 1.165) is 30.6 Å². The molecule has 2 N–H and O–H groups in total. The molecule has 7 nitrogen and oxygen atoms in total. The number of hydrogen-bond donors (Lipinski definition) is 2. The van der Waals surface area contributed by atoms with Crippen LogP contribution in [-0.2, 0) is 0 Å². The summed E-state index contributed by atoms with van der Waals surface area (Å²) in [6.45, 7) is 6.25.